The lowest BCUT2D eigenvalue weighted by atomic mass is 9.72. The van der Waals surface area contributed by atoms with Gasteiger partial charge < -0.3 is 14.8 Å². The zero-order chi connectivity index (χ0) is 21.3. The SMILES string of the molecule is COC(=O)c1c(NC(=O)c2cc(Cl)ccc2OC)sc2c1CCC(C(C)(C)C)C2. The lowest BCUT2D eigenvalue weighted by molar-refractivity contribution is 0.0600. The smallest absolute Gasteiger partial charge is 0.341 e. The van der Waals surface area contributed by atoms with Gasteiger partial charge in [-0.25, -0.2) is 4.79 Å². The average Bonchev–Trinajstić information content (AvgIpc) is 3.03. The summed E-state index contributed by atoms with van der Waals surface area (Å²) in [5.41, 5.74) is 1.96. The van der Waals surface area contributed by atoms with E-state index in [0.29, 0.717) is 32.8 Å². The average molecular weight is 436 g/mol. The highest BCUT2D eigenvalue weighted by molar-refractivity contribution is 7.17. The molecule has 1 atom stereocenters. The largest absolute Gasteiger partial charge is 0.496 e. The van der Waals surface area contributed by atoms with Crippen molar-refractivity contribution in [1.29, 1.82) is 0 Å². The van der Waals surface area contributed by atoms with Gasteiger partial charge in [0.05, 0.1) is 25.3 Å². The predicted molar refractivity (Wildman–Crippen MR) is 117 cm³/mol. The third-order valence-electron chi connectivity index (χ3n) is 5.51. The summed E-state index contributed by atoms with van der Waals surface area (Å²) >= 11 is 7.52. The first-order valence-electron chi connectivity index (χ1n) is 9.53. The van der Waals surface area contributed by atoms with E-state index in [1.165, 1.54) is 25.6 Å². The number of benzene rings is 1. The molecule has 156 valence electrons. The highest BCUT2D eigenvalue weighted by Crippen LogP contribution is 2.44. The van der Waals surface area contributed by atoms with E-state index in [0.717, 1.165) is 29.7 Å². The summed E-state index contributed by atoms with van der Waals surface area (Å²) in [6, 6.07) is 4.86. The third-order valence-corrected chi connectivity index (χ3v) is 6.92. The molecular formula is C22H26ClNO4S. The Hall–Kier alpha value is -2.05. The molecule has 1 aromatic carbocycles. The van der Waals surface area contributed by atoms with Crippen molar-refractivity contribution in [3.63, 3.8) is 0 Å². The fourth-order valence-corrected chi connectivity index (χ4v) is 5.24. The molecule has 0 radical (unpaired) electrons. The molecule has 0 saturated carbocycles. The second-order valence-corrected chi connectivity index (χ2v) is 9.85. The van der Waals surface area contributed by atoms with Crippen LogP contribution in [0.2, 0.25) is 5.02 Å². The highest BCUT2D eigenvalue weighted by atomic mass is 35.5. The highest BCUT2D eigenvalue weighted by Gasteiger charge is 2.34. The number of methoxy groups -OCH3 is 2. The second kappa shape index (κ2) is 8.36. The van der Waals surface area contributed by atoms with E-state index in [4.69, 9.17) is 21.1 Å². The van der Waals surface area contributed by atoms with E-state index < -0.39 is 5.97 Å². The van der Waals surface area contributed by atoms with E-state index in [-0.39, 0.29) is 11.3 Å². The fourth-order valence-electron chi connectivity index (χ4n) is 3.76. The Morgan fingerprint density at radius 1 is 1.24 bits per heavy atom. The summed E-state index contributed by atoms with van der Waals surface area (Å²) in [5.74, 6) is 0.141. The lowest BCUT2D eigenvalue weighted by Crippen LogP contribution is -2.26. The van der Waals surface area contributed by atoms with E-state index in [9.17, 15) is 9.59 Å². The van der Waals surface area contributed by atoms with Crippen molar-refractivity contribution in [3.8, 4) is 5.75 Å². The second-order valence-electron chi connectivity index (χ2n) is 8.30. The minimum atomic E-state index is -0.426. The fraction of sp³-hybridized carbons (Fsp3) is 0.455. The van der Waals surface area contributed by atoms with Gasteiger partial charge >= 0.3 is 5.97 Å². The number of nitrogens with one attached hydrogen (secondary N) is 1. The maximum atomic E-state index is 13.0. The van der Waals surface area contributed by atoms with Gasteiger partial charge in [0.2, 0.25) is 0 Å². The van der Waals surface area contributed by atoms with Crippen LogP contribution in [0.5, 0.6) is 5.75 Å². The molecule has 1 N–H and O–H groups in total. The molecule has 0 spiro atoms. The molecule has 0 aliphatic heterocycles. The van der Waals surface area contributed by atoms with Crippen LogP contribution in [0.1, 0.15) is 58.3 Å². The Labute approximate surface area is 180 Å². The quantitative estimate of drug-likeness (QED) is 0.635. The van der Waals surface area contributed by atoms with Crippen LogP contribution in [0.25, 0.3) is 0 Å². The maximum absolute atomic E-state index is 13.0. The topological polar surface area (TPSA) is 64.6 Å². The molecule has 1 unspecified atom stereocenters. The number of hydrogen-bond donors (Lipinski definition) is 1. The standard InChI is InChI=1S/C22H26ClNO4S/c1-22(2,3)12-6-8-14-17(10-12)29-20(18(14)21(26)28-5)24-19(25)15-11-13(23)7-9-16(15)27-4/h7,9,11-12H,6,8,10H2,1-5H3,(H,24,25). The number of amides is 1. The molecule has 1 aromatic heterocycles. The van der Waals surface area contributed by atoms with Crippen LogP contribution < -0.4 is 10.1 Å². The summed E-state index contributed by atoms with van der Waals surface area (Å²) in [6.07, 6.45) is 2.70. The van der Waals surface area contributed by atoms with Crippen LogP contribution in [0.15, 0.2) is 18.2 Å². The van der Waals surface area contributed by atoms with Crippen LogP contribution in [0, 0.1) is 11.3 Å². The van der Waals surface area contributed by atoms with Gasteiger partial charge in [-0.1, -0.05) is 32.4 Å². The molecule has 7 heteroatoms. The van der Waals surface area contributed by atoms with Gasteiger partial charge in [0.1, 0.15) is 10.8 Å². The Balaban J connectivity index is 1.98. The van der Waals surface area contributed by atoms with Crippen LogP contribution in [-0.2, 0) is 17.6 Å². The third kappa shape index (κ3) is 4.43. The van der Waals surface area contributed by atoms with Crippen molar-refractivity contribution in [3.05, 3.63) is 44.8 Å². The molecule has 1 amide bonds. The minimum absolute atomic E-state index is 0.185. The zero-order valence-electron chi connectivity index (χ0n) is 17.3. The van der Waals surface area contributed by atoms with Gasteiger partial charge in [0, 0.05) is 9.90 Å². The van der Waals surface area contributed by atoms with Crippen LogP contribution in [0.3, 0.4) is 0 Å². The van der Waals surface area contributed by atoms with Crippen molar-refractivity contribution < 1.29 is 19.1 Å². The van der Waals surface area contributed by atoms with Gasteiger partial charge in [-0.3, -0.25) is 4.79 Å². The number of esters is 1. The maximum Gasteiger partial charge on any atom is 0.341 e. The molecule has 5 nitrogen and oxygen atoms in total. The number of hydrogen-bond acceptors (Lipinski definition) is 5. The molecule has 1 heterocycles. The zero-order valence-corrected chi connectivity index (χ0v) is 18.9. The van der Waals surface area contributed by atoms with Gasteiger partial charge in [-0.15, -0.1) is 11.3 Å². The molecule has 0 bridgehead atoms. The molecule has 2 aromatic rings. The monoisotopic (exact) mass is 435 g/mol. The van der Waals surface area contributed by atoms with E-state index in [1.807, 2.05) is 0 Å². The summed E-state index contributed by atoms with van der Waals surface area (Å²) in [7, 11) is 2.86. The van der Waals surface area contributed by atoms with Crippen molar-refractivity contribution in [1.82, 2.24) is 0 Å². The van der Waals surface area contributed by atoms with E-state index in [1.54, 1.807) is 18.2 Å². The number of fused-ring (bicyclic) bond motifs is 1. The van der Waals surface area contributed by atoms with Crippen LogP contribution >= 0.6 is 22.9 Å². The summed E-state index contributed by atoms with van der Waals surface area (Å²) in [5, 5.41) is 3.84. The van der Waals surface area contributed by atoms with Gasteiger partial charge in [-0.05, 0) is 54.4 Å². The normalized spacial score (nSPS) is 16.1. The summed E-state index contributed by atoms with van der Waals surface area (Å²) in [6.45, 7) is 6.72. The van der Waals surface area contributed by atoms with E-state index >= 15 is 0 Å². The molecule has 3 rings (SSSR count). The number of halogens is 1. The predicted octanol–water partition coefficient (Wildman–Crippen LogP) is 5.60. The minimum Gasteiger partial charge on any atom is -0.496 e. The Kier molecular flexibility index (Phi) is 6.24. The lowest BCUT2D eigenvalue weighted by Gasteiger charge is -2.33. The van der Waals surface area contributed by atoms with Crippen molar-refractivity contribution in [2.75, 3.05) is 19.5 Å². The molecule has 29 heavy (non-hydrogen) atoms. The number of rotatable bonds is 4. The Bertz CT molecular complexity index is 945. The number of thiophene rings is 1. The van der Waals surface area contributed by atoms with Gasteiger partial charge in [0.15, 0.2) is 0 Å². The Morgan fingerprint density at radius 3 is 2.59 bits per heavy atom. The first kappa shape index (κ1) is 21.7. The molecule has 0 fully saturated rings. The van der Waals surface area contributed by atoms with Crippen molar-refractivity contribution >= 4 is 39.8 Å². The number of anilines is 1. The number of ether oxygens (including phenoxy) is 2. The van der Waals surface area contributed by atoms with Crippen LogP contribution in [0.4, 0.5) is 5.00 Å². The Morgan fingerprint density at radius 2 is 1.97 bits per heavy atom. The van der Waals surface area contributed by atoms with Gasteiger partial charge in [0.25, 0.3) is 5.91 Å². The summed E-state index contributed by atoms with van der Waals surface area (Å²) in [4.78, 5) is 26.6. The number of carbonyl (C=O) groups is 2. The van der Waals surface area contributed by atoms with Gasteiger partial charge in [-0.2, -0.15) is 0 Å². The molecule has 0 saturated heterocycles. The number of carbonyl (C=O) groups excluding carboxylic acids is 2. The van der Waals surface area contributed by atoms with E-state index in [2.05, 4.69) is 26.1 Å². The first-order chi connectivity index (χ1) is 13.7. The molecular weight excluding hydrogens is 410 g/mol. The molecule has 1 aliphatic rings. The van der Waals surface area contributed by atoms with Crippen LogP contribution in [-0.4, -0.2) is 26.1 Å². The van der Waals surface area contributed by atoms with Crippen molar-refractivity contribution in [2.24, 2.45) is 11.3 Å². The molecule has 1 aliphatic carbocycles. The summed E-state index contributed by atoms with van der Waals surface area (Å²) < 4.78 is 10.3. The van der Waals surface area contributed by atoms with Crippen molar-refractivity contribution in [2.45, 2.75) is 40.0 Å². The first-order valence-corrected chi connectivity index (χ1v) is 10.7.